The van der Waals surface area contributed by atoms with E-state index in [0.29, 0.717) is 18.5 Å². The van der Waals surface area contributed by atoms with Crippen molar-refractivity contribution in [3.05, 3.63) is 53.3 Å². The Kier molecular flexibility index (Phi) is 4.97. The molecule has 0 spiro atoms. The molecule has 0 radical (unpaired) electrons. The first-order chi connectivity index (χ1) is 13.3. The van der Waals surface area contributed by atoms with Crippen LogP contribution in [0, 0.1) is 0 Å². The quantitative estimate of drug-likeness (QED) is 0.671. The molecule has 4 rings (SSSR count). The molecule has 0 N–H and O–H groups in total. The molecule has 0 amide bonds. The maximum atomic E-state index is 12.6. The summed E-state index contributed by atoms with van der Waals surface area (Å²) in [7, 11) is 1.62. The highest BCUT2D eigenvalue weighted by Gasteiger charge is 2.19. The second-order valence-corrected chi connectivity index (χ2v) is 6.46. The number of hydrogen-bond donors (Lipinski definition) is 0. The van der Waals surface area contributed by atoms with Crippen molar-refractivity contribution in [1.29, 1.82) is 0 Å². The van der Waals surface area contributed by atoms with Crippen molar-refractivity contribution >= 4 is 22.5 Å². The Balaban J connectivity index is 1.51. The number of fused-ring (bicyclic) bond motifs is 1. The summed E-state index contributed by atoms with van der Waals surface area (Å²) in [6, 6.07) is 7.69. The van der Waals surface area contributed by atoms with Crippen LogP contribution in [0.1, 0.15) is 0 Å². The second kappa shape index (κ2) is 7.71. The molecule has 1 fully saturated rings. The van der Waals surface area contributed by atoms with Gasteiger partial charge < -0.3 is 14.5 Å². The predicted octanol–water partition coefficient (Wildman–Crippen LogP) is 1.16. The average molecular weight is 366 g/mol. The topological polar surface area (TPSA) is 76.4 Å². The standard InChI is InChI=1S/C19H22N6O2/c1-27-12-11-25-14-22-17-13-15(3-4-16(17)18(25)26)23-7-9-24(10-8-23)19-20-5-2-6-21-19/h2-6,13-14H,7-12H2,1H3. The normalized spacial score (nSPS) is 14.7. The van der Waals surface area contributed by atoms with Crippen LogP contribution in [0.15, 0.2) is 47.8 Å². The Morgan fingerprint density at radius 1 is 1.04 bits per heavy atom. The van der Waals surface area contributed by atoms with Gasteiger partial charge in [-0.25, -0.2) is 15.0 Å². The summed E-state index contributed by atoms with van der Waals surface area (Å²) in [5.74, 6) is 0.772. The third-order valence-electron chi connectivity index (χ3n) is 4.82. The number of ether oxygens (including phenoxy) is 1. The lowest BCUT2D eigenvalue weighted by Crippen LogP contribution is -2.47. The summed E-state index contributed by atoms with van der Waals surface area (Å²) in [4.78, 5) is 30.1. The minimum atomic E-state index is -0.0327. The average Bonchev–Trinajstić information content (AvgIpc) is 2.74. The van der Waals surface area contributed by atoms with Crippen molar-refractivity contribution < 1.29 is 4.74 Å². The van der Waals surface area contributed by atoms with E-state index >= 15 is 0 Å². The molecule has 0 bridgehead atoms. The van der Waals surface area contributed by atoms with Gasteiger partial charge in [0.05, 0.1) is 30.4 Å². The van der Waals surface area contributed by atoms with Gasteiger partial charge in [0.15, 0.2) is 0 Å². The Hall–Kier alpha value is -3.00. The number of anilines is 2. The van der Waals surface area contributed by atoms with Gasteiger partial charge in [0.1, 0.15) is 0 Å². The van der Waals surface area contributed by atoms with Crippen LogP contribution in [0.2, 0.25) is 0 Å². The SMILES string of the molecule is COCCn1cnc2cc(N3CCN(c4ncccn4)CC3)ccc2c1=O. The van der Waals surface area contributed by atoms with Crippen LogP contribution < -0.4 is 15.4 Å². The van der Waals surface area contributed by atoms with Gasteiger partial charge in [-0.05, 0) is 24.3 Å². The molecule has 27 heavy (non-hydrogen) atoms. The Bertz CT molecular complexity index is 967. The van der Waals surface area contributed by atoms with E-state index < -0.39 is 0 Å². The molecule has 8 heteroatoms. The number of hydrogen-bond acceptors (Lipinski definition) is 7. The highest BCUT2D eigenvalue weighted by atomic mass is 16.5. The maximum absolute atomic E-state index is 12.6. The minimum absolute atomic E-state index is 0.0327. The molecular weight excluding hydrogens is 344 g/mol. The lowest BCUT2D eigenvalue weighted by atomic mass is 10.2. The van der Waals surface area contributed by atoms with E-state index in [9.17, 15) is 4.79 Å². The number of rotatable bonds is 5. The smallest absolute Gasteiger partial charge is 0.261 e. The third kappa shape index (κ3) is 3.61. The molecule has 3 aromatic rings. The van der Waals surface area contributed by atoms with Crippen LogP contribution in [0.25, 0.3) is 10.9 Å². The third-order valence-corrected chi connectivity index (χ3v) is 4.82. The van der Waals surface area contributed by atoms with Crippen LogP contribution in [0.3, 0.4) is 0 Å². The van der Waals surface area contributed by atoms with Gasteiger partial charge in [0, 0.05) is 51.4 Å². The molecule has 1 saturated heterocycles. The monoisotopic (exact) mass is 366 g/mol. The minimum Gasteiger partial charge on any atom is -0.383 e. The molecule has 0 saturated carbocycles. The summed E-state index contributed by atoms with van der Waals surface area (Å²) < 4.78 is 6.63. The molecule has 0 unspecified atom stereocenters. The number of piperazine rings is 1. The Morgan fingerprint density at radius 2 is 1.78 bits per heavy atom. The molecule has 1 aliphatic rings. The first kappa shape index (κ1) is 17.4. The lowest BCUT2D eigenvalue weighted by Gasteiger charge is -2.36. The fourth-order valence-electron chi connectivity index (χ4n) is 3.31. The van der Waals surface area contributed by atoms with Gasteiger partial charge >= 0.3 is 0 Å². The summed E-state index contributed by atoms with van der Waals surface area (Å²) in [6.07, 6.45) is 5.13. The van der Waals surface area contributed by atoms with Gasteiger partial charge in [-0.1, -0.05) is 0 Å². The zero-order valence-electron chi connectivity index (χ0n) is 15.3. The van der Waals surface area contributed by atoms with Crippen molar-refractivity contribution in [3.8, 4) is 0 Å². The summed E-state index contributed by atoms with van der Waals surface area (Å²) in [5, 5.41) is 0.633. The largest absolute Gasteiger partial charge is 0.383 e. The summed E-state index contributed by atoms with van der Waals surface area (Å²) >= 11 is 0. The number of benzene rings is 1. The van der Waals surface area contributed by atoms with Crippen molar-refractivity contribution in [2.45, 2.75) is 6.54 Å². The fourth-order valence-corrected chi connectivity index (χ4v) is 3.31. The maximum Gasteiger partial charge on any atom is 0.261 e. The molecule has 1 aliphatic heterocycles. The van der Waals surface area contributed by atoms with Crippen LogP contribution >= 0.6 is 0 Å². The molecule has 140 valence electrons. The van der Waals surface area contributed by atoms with Crippen molar-refractivity contribution in [2.75, 3.05) is 49.7 Å². The first-order valence-corrected chi connectivity index (χ1v) is 9.01. The zero-order chi connectivity index (χ0) is 18.6. The Labute approximate surface area is 157 Å². The van der Waals surface area contributed by atoms with E-state index in [-0.39, 0.29) is 5.56 Å². The number of aromatic nitrogens is 4. The molecule has 0 atom stereocenters. The van der Waals surface area contributed by atoms with E-state index in [2.05, 4.69) is 24.8 Å². The molecule has 8 nitrogen and oxygen atoms in total. The molecular formula is C19H22N6O2. The van der Waals surface area contributed by atoms with Crippen molar-refractivity contribution in [2.24, 2.45) is 0 Å². The van der Waals surface area contributed by atoms with Crippen molar-refractivity contribution in [3.63, 3.8) is 0 Å². The molecule has 2 aromatic heterocycles. The molecule has 1 aromatic carbocycles. The van der Waals surface area contributed by atoms with Gasteiger partial charge in [0.2, 0.25) is 5.95 Å². The predicted molar refractivity (Wildman–Crippen MR) is 104 cm³/mol. The van der Waals surface area contributed by atoms with Gasteiger partial charge in [0.25, 0.3) is 5.56 Å². The van der Waals surface area contributed by atoms with Gasteiger partial charge in [-0.15, -0.1) is 0 Å². The van der Waals surface area contributed by atoms with Crippen LogP contribution in [0.5, 0.6) is 0 Å². The second-order valence-electron chi connectivity index (χ2n) is 6.46. The van der Waals surface area contributed by atoms with Gasteiger partial charge in [-0.2, -0.15) is 0 Å². The van der Waals surface area contributed by atoms with Crippen LogP contribution in [-0.4, -0.2) is 59.4 Å². The van der Waals surface area contributed by atoms with Crippen molar-refractivity contribution in [1.82, 2.24) is 19.5 Å². The molecule has 3 heterocycles. The van der Waals surface area contributed by atoms with Crippen LogP contribution in [-0.2, 0) is 11.3 Å². The van der Waals surface area contributed by atoms with E-state index in [1.165, 1.54) is 0 Å². The van der Waals surface area contributed by atoms with E-state index in [1.54, 1.807) is 30.4 Å². The summed E-state index contributed by atoms with van der Waals surface area (Å²) in [5.41, 5.74) is 1.77. The fraction of sp³-hybridized carbons (Fsp3) is 0.368. The van der Waals surface area contributed by atoms with E-state index in [1.807, 2.05) is 24.3 Å². The Morgan fingerprint density at radius 3 is 2.52 bits per heavy atom. The van der Waals surface area contributed by atoms with E-state index in [0.717, 1.165) is 43.3 Å². The molecule has 0 aliphatic carbocycles. The first-order valence-electron chi connectivity index (χ1n) is 9.01. The number of methoxy groups -OCH3 is 1. The number of nitrogens with zero attached hydrogens (tertiary/aromatic N) is 6. The van der Waals surface area contributed by atoms with Gasteiger partial charge in [-0.3, -0.25) is 9.36 Å². The van der Waals surface area contributed by atoms with E-state index in [4.69, 9.17) is 4.74 Å². The highest BCUT2D eigenvalue weighted by Crippen LogP contribution is 2.21. The highest BCUT2D eigenvalue weighted by molar-refractivity contribution is 5.81. The zero-order valence-corrected chi connectivity index (χ0v) is 15.3. The summed E-state index contributed by atoms with van der Waals surface area (Å²) in [6.45, 7) is 4.44. The van der Waals surface area contributed by atoms with Crippen LogP contribution in [0.4, 0.5) is 11.6 Å². The lowest BCUT2D eigenvalue weighted by molar-refractivity contribution is 0.186.